The van der Waals surface area contributed by atoms with Crippen molar-refractivity contribution in [3.63, 3.8) is 0 Å². The van der Waals surface area contributed by atoms with Gasteiger partial charge in [-0.1, -0.05) is 19.1 Å². The van der Waals surface area contributed by atoms with Crippen molar-refractivity contribution >= 4 is 21.8 Å². The van der Waals surface area contributed by atoms with Crippen LogP contribution in [0.25, 0.3) is 0 Å². The molecule has 0 aliphatic carbocycles. The topological polar surface area (TPSA) is 49.4 Å². The summed E-state index contributed by atoms with van der Waals surface area (Å²) in [5.41, 5.74) is 1.10. The second-order valence-corrected chi connectivity index (χ2v) is 8.37. The first-order chi connectivity index (χ1) is 9.82. The van der Waals surface area contributed by atoms with Gasteiger partial charge in [-0.05, 0) is 37.3 Å². The Bertz CT molecular complexity index is 527. The summed E-state index contributed by atoms with van der Waals surface area (Å²) in [5.74, 6) is 1.08. The summed E-state index contributed by atoms with van der Waals surface area (Å²) in [4.78, 5) is 0.333. The highest BCUT2D eigenvalue weighted by Crippen LogP contribution is 2.19. The second kappa shape index (κ2) is 8.17. The van der Waals surface area contributed by atoms with Crippen LogP contribution in [0, 0.1) is 0 Å². The molecule has 0 amide bonds. The van der Waals surface area contributed by atoms with E-state index in [1.54, 1.807) is 26.2 Å². The zero-order valence-electron chi connectivity index (χ0n) is 13.5. The highest BCUT2D eigenvalue weighted by atomic mass is 32.2. The van der Waals surface area contributed by atoms with E-state index in [1.807, 2.05) is 23.9 Å². The fourth-order valence-corrected chi connectivity index (χ4v) is 3.71. The van der Waals surface area contributed by atoms with Gasteiger partial charge in [0.05, 0.1) is 4.90 Å². The first-order valence-corrected chi connectivity index (χ1v) is 9.93. The van der Waals surface area contributed by atoms with Gasteiger partial charge in [0.1, 0.15) is 0 Å². The highest BCUT2D eigenvalue weighted by molar-refractivity contribution is 7.98. The van der Waals surface area contributed by atoms with E-state index in [-0.39, 0.29) is 6.04 Å². The van der Waals surface area contributed by atoms with Crippen molar-refractivity contribution < 1.29 is 8.42 Å². The third-order valence-corrected chi connectivity index (χ3v) is 6.07. The molecule has 0 spiro atoms. The van der Waals surface area contributed by atoms with Crippen molar-refractivity contribution in [3.05, 3.63) is 29.8 Å². The summed E-state index contributed by atoms with van der Waals surface area (Å²) in [6.07, 6.45) is 3.19. The van der Waals surface area contributed by atoms with Crippen molar-refractivity contribution in [1.29, 1.82) is 0 Å². The summed E-state index contributed by atoms with van der Waals surface area (Å²) in [6, 6.07) is 7.81. The molecule has 0 fully saturated rings. The Morgan fingerprint density at radius 3 is 2.24 bits per heavy atom. The van der Waals surface area contributed by atoms with Crippen LogP contribution in [-0.4, -0.2) is 44.9 Å². The third kappa shape index (κ3) is 4.98. The summed E-state index contributed by atoms with van der Waals surface area (Å²) >= 11 is 1.83. The van der Waals surface area contributed by atoms with Crippen LogP contribution in [0.4, 0.5) is 0 Å². The Labute approximate surface area is 133 Å². The Morgan fingerprint density at radius 1 is 1.24 bits per heavy atom. The molecular weight excluding hydrogens is 304 g/mol. The number of hydrogen-bond donors (Lipinski definition) is 1. The number of hydrogen-bond acceptors (Lipinski definition) is 4. The van der Waals surface area contributed by atoms with Gasteiger partial charge in [0, 0.05) is 31.9 Å². The van der Waals surface area contributed by atoms with Gasteiger partial charge in [-0.2, -0.15) is 11.8 Å². The molecule has 0 aliphatic rings. The predicted octanol–water partition coefficient (Wildman–Crippen LogP) is 2.73. The zero-order chi connectivity index (χ0) is 16.0. The molecule has 0 heterocycles. The molecule has 6 heteroatoms. The van der Waals surface area contributed by atoms with E-state index in [1.165, 1.54) is 4.31 Å². The smallest absolute Gasteiger partial charge is 0.242 e. The van der Waals surface area contributed by atoms with Gasteiger partial charge in [-0.3, -0.25) is 0 Å². The Morgan fingerprint density at radius 2 is 1.81 bits per heavy atom. The minimum atomic E-state index is -3.35. The second-order valence-electron chi connectivity index (χ2n) is 5.31. The standard InChI is InChI=1S/C15H26N2O2S2/c1-6-14(11-20-5)16-12(2)13-7-9-15(10-8-13)21(18,19)17(3)4/h7-10,12,14,16H,6,11H2,1-5H3. The zero-order valence-corrected chi connectivity index (χ0v) is 15.1. The molecule has 21 heavy (non-hydrogen) atoms. The molecule has 4 nitrogen and oxygen atoms in total. The number of thioether (sulfide) groups is 1. The van der Waals surface area contributed by atoms with Crippen LogP contribution < -0.4 is 5.32 Å². The van der Waals surface area contributed by atoms with Crippen LogP contribution in [-0.2, 0) is 10.0 Å². The normalized spacial score (nSPS) is 15.1. The van der Waals surface area contributed by atoms with E-state index in [4.69, 9.17) is 0 Å². The molecule has 0 radical (unpaired) electrons. The maximum Gasteiger partial charge on any atom is 0.242 e. The molecule has 2 unspecified atom stereocenters. The van der Waals surface area contributed by atoms with Crippen molar-refractivity contribution in [3.8, 4) is 0 Å². The summed E-state index contributed by atoms with van der Waals surface area (Å²) in [6.45, 7) is 4.28. The Balaban J connectivity index is 2.83. The number of nitrogens with zero attached hydrogens (tertiary/aromatic N) is 1. The molecule has 1 N–H and O–H groups in total. The average Bonchev–Trinajstić information content (AvgIpc) is 2.46. The monoisotopic (exact) mass is 330 g/mol. The lowest BCUT2D eigenvalue weighted by Gasteiger charge is -2.22. The summed E-state index contributed by atoms with van der Waals surface area (Å²) in [7, 11) is -0.259. The molecule has 120 valence electrons. The number of nitrogens with one attached hydrogen (secondary N) is 1. The van der Waals surface area contributed by atoms with Crippen LogP contribution in [0.5, 0.6) is 0 Å². The van der Waals surface area contributed by atoms with E-state index < -0.39 is 10.0 Å². The average molecular weight is 331 g/mol. The van der Waals surface area contributed by atoms with Gasteiger partial charge in [0.2, 0.25) is 10.0 Å². The van der Waals surface area contributed by atoms with Crippen LogP contribution >= 0.6 is 11.8 Å². The van der Waals surface area contributed by atoms with Gasteiger partial charge in [0.15, 0.2) is 0 Å². The molecule has 0 aromatic heterocycles. The SMILES string of the molecule is CCC(CSC)NC(C)c1ccc(S(=O)(=O)N(C)C)cc1. The maximum atomic E-state index is 12.0. The largest absolute Gasteiger partial charge is 0.307 e. The molecule has 2 atom stereocenters. The highest BCUT2D eigenvalue weighted by Gasteiger charge is 2.18. The Kier molecular flexibility index (Phi) is 7.20. The van der Waals surface area contributed by atoms with Crippen LogP contribution in [0.2, 0.25) is 0 Å². The van der Waals surface area contributed by atoms with Crippen molar-refractivity contribution in [2.45, 2.75) is 37.2 Å². The van der Waals surface area contributed by atoms with Gasteiger partial charge < -0.3 is 5.32 Å². The lowest BCUT2D eigenvalue weighted by molar-refractivity contribution is 0.474. The van der Waals surface area contributed by atoms with Crippen molar-refractivity contribution in [1.82, 2.24) is 9.62 Å². The van der Waals surface area contributed by atoms with E-state index in [0.29, 0.717) is 10.9 Å². The van der Waals surface area contributed by atoms with Crippen molar-refractivity contribution in [2.24, 2.45) is 0 Å². The molecule has 1 aromatic rings. The molecule has 0 saturated carbocycles. The lowest BCUT2D eigenvalue weighted by Crippen LogP contribution is -2.33. The first kappa shape index (κ1) is 18.5. The number of rotatable bonds is 8. The maximum absolute atomic E-state index is 12.0. The fourth-order valence-electron chi connectivity index (χ4n) is 2.07. The van der Waals surface area contributed by atoms with Gasteiger partial charge in [-0.15, -0.1) is 0 Å². The minimum absolute atomic E-state index is 0.207. The molecule has 0 aliphatic heterocycles. The summed E-state index contributed by atoms with van der Waals surface area (Å²) < 4.78 is 25.3. The first-order valence-electron chi connectivity index (χ1n) is 7.10. The number of benzene rings is 1. The predicted molar refractivity (Wildman–Crippen MR) is 91.3 cm³/mol. The van der Waals surface area contributed by atoms with E-state index in [0.717, 1.165) is 17.7 Å². The van der Waals surface area contributed by atoms with Crippen LogP contribution in [0.15, 0.2) is 29.2 Å². The molecule has 0 saturated heterocycles. The van der Waals surface area contributed by atoms with Gasteiger partial charge in [0.25, 0.3) is 0 Å². The van der Waals surface area contributed by atoms with Gasteiger partial charge >= 0.3 is 0 Å². The fraction of sp³-hybridized carbons (Fsp3) is 0.600. The lowest BCUT2D eigenvalue weighted by atomic mass is 10.1. The van der Waals surface area contributed by atoms with Gasteiger partial charge in [-0.25, -0.2) is 12.7 Å². The van der Waals surface area contributed by atoms with Crippen LogP contribution in [0.3, 0.4) is 0 Å². The van der Waals surface area contributed by atoms with E-state index >= 15 is 0 Å². The molecule has 1 rings (SSSR count). The van der Waals surface area contributed by atoms with Crippen molar-refractivity contribution in [2.75, 3.05) is 26.1 Å². The molecular formula is C15H26N2O2S2. The van der Waals surface area contributed by atoms with Crippen LogP contribution in [0.1, 0.15) is 31.9 Å². The molecule has 0 bridgehead atoms. The molecule has 1 aromatic carbocycles. The number of sulfonamides is 1. The van der Waals surface area contributed by atoms with E-state index in [9.17, 15) is 8.42 Å². The quantitative estimate of drug-likeness (QED) is 0.796. The minimum Gasteiger partial charge on any atom is -0.307 e. The Hall–Kier alpha value is -0.560. The summed E-state index contributed by atoms with van der Waals surface area (Å²) in [5, 5.41) is 3.58. The third-order valence-electron chi connectivity index (χ3n) is 3.51. The van der Waals surface area contributed by atoms with E-state index in [2.05, 4.69) is 25.4 Å².